The summed E-state index contributed by atoms with van der Waals surface area (Å²) in [6, 6.07) is 7.88. The van der Waals surface area contributed by atoms with Crippen LogP contribution in [0.4, 0.5) is 0 Å². The predicted octanol–water partition coefficient (Wildman–Crippen LogP) is 0.701. The van der Waals surface area contributed by atoms with Crippen molar-refractivity contribution >= 4 is 23.5 Å². The van der Waals surface area contributed by atoms with Crippen LogP contribution in [-0.2, 0) is 35.2 Å². The Morgan fingerprint density at radius 1 is 0.586 bits per heavy atom. The molecule has 2 fully saturated rings. The Morgan fingerprint density at radius 2 is 1.04 bits per heavy atom. The second kappa shape index (κ2) is 17.9. The molecule has 0 spiro atoms. The molecule has 0 amide bonds. The third-order valence-corrected chi connectivity index (χ3v) is 13.8. The van der Waals surface area contributed by atoms with Crippen molar-refractivity contribution in [2.75, 3.05) is 13.2 Å². The van der Waals surface area contributed by atoms with Crippen LogP contribution in [0.5, 0.6) is 23.0 Å². The van der Waals surface area contributed by atoms with Crippen molar-refractivity contribution in [2.24, 2.45) is 0 Å². The van der Waals surface area contributed by atoms with Gasteiger partial charge in [-0.15, -0.1) is 0 Å². The first kappa shape index (κ1) is 50.3. The molecule has 4 aromatic rings. The maximum atomic E-state index is 14.7. The van der Waals surface area contributed by atoms with Gasteiger partial charge in [-0.1, -0.05) is 24.3 Å². The number of rotatable bonds is 11. The van der Waals surface area contributed by atoms with E-state index in [4.69, 9.17) is 28.7 Å². The van der Waals surface area contributed by atoms with E-state index in [2.05, 4.69) is 0 Å². The van der Waals surface area contributed by atoms with Crippen LogP contribution in [0.3, 0.4) is 0 Å². The fraction of sp³-hybridized carbons (Fsp3) is 0.417. The topological polar surface area (TPSA) is 366 Å². The van der Waals surface area contributed by atoms with Gasteiger partial charge < -0.3 is 80.2 Å². The van der Waals surface area contributed by atoms with E-state index in [9.17, 15) is 80.5 Å². The summed E-state index contributed by atoms with van der Waals surface area (Å²) in [7, 11) is 0. The van der Waals surface area contributed by atoms with E-state index in [-0.39, 0.29) is 66.8 Å². The molecular weight excluding hydrogens is 929 g/mol. The average Bonchev–Trinajstić information content (AvgIpc) is 3.30. The highest BCUT2D eigenvalue weighted by Gasteiger charge is 2.54. The summed E-state index contributed by atoms with van der Waals surface area (Å²) in [5.41, 5.74) is -6.91. The molecule has 70 heavy (non-hydrogen) atoms. The molecule has 4 aliphatic rings. The number of phenols is 3. The number of ketones is 2. The van der Waals surface area contributed by atoms with Crippen molar-refractivity contribution in [3.05, 3.63) is 114 Å². The van der Waals surface area contributed by atoms with Gasteiger partial charge in [0.05, 0.1) is 24.3 Å². The average molecular weight is 979 g/mol. The number of aromatic hydroxyl groups is 3. The van der Waals surface area contributed by atoms with Crippen LogP contribution in [0.2, 0.25) is 0 Å². The third kappa shape index (κ3) is 7.50. The molecule has 8 rings (SSSR count). The number of carboxylic acid groups (broad SMARTS) is 2. The minimum Gasteiger partial charge on any atom is -0.507 e. The van der Waals surface area contributed by atoms with Gasteiger partial charge in [-0.25, -0.2) is 19.4 Å². The fourth-order valence-corrected chi connectivity index (χ4v) is 9.86. The zero-order valence-electron chi connectivity index (χ0n) is 38.1. The molecule has 2 heterocycles. The fourth-order valence-electron chi connectivity index (χ4n) is 9.86. The van der Waals surface area contributed by atoms with E-state index in [1.807, 2.05) is 0 Å². The normalized spacial score (nSPS) is 30.2. The van der Waals surface area contributed by atoms with E-state index in [1.54, 1.807) is 0 Å². The number of phenolic OH excluding ortho intramolecular Hbond substituents is 2. The van der Waals surface area contributed by atoms with Crippen molar-refractivity contribution in [1.82, 2.24) is 0 Å². The van der Waals surface area contributed by atoms with E-state index in [1.165, 1.54) is 65.8 Å². The molecular formula is C48H50O22. The molecule has 374 valence electrons. The molecule has 2 aliphatic carbocycles. The Labute approximate surface area is 396 Å². The summed E-state index contributed by atoms with van der Waals surface area (Å²) in [6.45, 7) is 6.55. The monoisotopic (exact) mass is 978 g/mol. The van der Waals surface area contributed by atoms with Crippen molar-refractivity contribution < 1.29 is 109 Å². The highest BCUT2D eigenvalue weighted by atomic mass is 17.2. The molecule has 12 atom stereocenters. The molecule has 4 aromatic carbocycles. The lowest BCUT2D eigenvalue weighted by molar-refractivity contribution is -0.399. The Hall–Kier alpha value is -6.12. The molecule has 0 bridgehead atoms. The minimum absolute atomic E-state index is 0.00616. The number of ether oxygens (including phenoxy) is 4. The Morgan fingerprint density at radius 3 is 1.53 bits per heavy atom. The van der Waals surface area contributed by atoms with Gasteiger partial charge in [0.15, 0.2) is 29.1 Å². The molecule has 22 nitrogen and oxygen atoms in total. The van der Waals surface area contributed by atoms with Gasteiger partial charge in [-0.05, 0) is 75.9 Å². The molecule has 0 aromatic heterocycles. The van der Waals surface area contributed by atoms with E-state index in [0.29, 0.717) is 0 Å². The Kier molecular flexibility index (Phi) is 12.9. The van der Waals surface area contributed by atoms with Crippen LogP contribution < -0.4 is 4.74 Å². The van der Waals surface area contributed by atoms with Gasteiger partial charge in [0.1, 0.15) is 83.0 Å². The van der Waals surface area contributed by atoms with Gasteiger partial charge in [-0.3, -0.25) is 9.59 Å². The first-order valence-electron chi connectivity index (χ1n) is 21.7. The van der Waals surface area contributed by atoms with Crippen LogP contribution in [0.25, 0.3) is 0 Å². The minimum atomic E-state index is -2.15. The van der Waals surface area contributed by atoms with Crippen molar-refractivity contribution in [3.8, 4) is 23.0 Å². The predicted molar refractivity (Wildman–Crippen MR) is 233 cm³/mol. The first-order valence-corrected chi connectivity index (χ1v) is 21.7. The number of carbonyl (C=O) groups excluding carboxylic acids is 2. The van der Waals surface area contributed by atoms with Crippen LogP contribution in [-0.4, -0.2) is 159 Å². The van der Waals surface area contributed by atoms with Gasteiger partial charge >= 0.3 is 11.9 Å². The van der Waals surface area contributed by atoms with E-state index >= 15 is 0 Å². The molecule has 0 unspecified atom stereocenters. The highest BCUT2D eigenvalue weighted by molar-refractivity contribution is 6.18. The van der Waals surface area contributed by atoms with Gasteiger partial charge in [0.2, 0.25) is 6.29 Å². The molecule has 12 N–H and O–H groups in total. The lowest BCUT2D eigenvalue weighted by atomic mass is 9.71. The number of fused-ring (bicyclic) bond motifs is 4. The zero-order valence-corrected chi connectivity index (χ0v) is 38.1. The van der Waals surface area contributed by atoms with Gasteiger partial charge in [0.25, 0.3) is 0 Å². The van der Waals surface area contributed by atoms with Crippen LogP contribution in [0.15, 0.2) is 36.4 Å². The number of hydrogen-bond acceptors (Lipinski definition) is 20. The second-order valence-corrected chi connectivity index (χ2v) is 18.0. The van der Waals surface area contributed by atoms with Crippen LogP contribution in [0.1, 0.15) is 111 Å². The van der Waals surface area contributed by atoms with Crippen molar-refractivity contribution in [1.29, 1.82) is 0 Å². The Balaban J connectivity index is 1.24. The number of aliphatic hydroxyl groups is 7. The molecule has 0 saturated carbocycles. The largest absolute Gasteiger partial charge is 0.507 e. The molecule has 0 radical (unpaired) electrons. The van der Waals surface area contributed by atoms with E-state index < -0.39 is 143 Å². The maximum Gasteiger partial charge on any atom is 0.339 e. The lowest BCUT2D eigenvalue weighted by Crippen LogP contribution is -2.65. The summed E-state index contributed by atoms with van der Waals surface area (Å²) in [4.78, 5) is 67.4. The van der Waals surface area contributed by atoms with Gasteiger partial charge in [-0.2, -0.15) is 0 Å². The number of benzene rings is 4. The zero-order chi connectivity index (χ0) is 51.4. The van der Waals surface area contributed by atoms with Crippen LogP contribution >= 0.6 is 0 Å². The van der Waals surface area contributed by atoms with Crippen molar-refractivity contribution in [2.45, 2.75) is 114 Å². The smallest absolute Gasteiger partial charge is 0.339 e. The molecule has 2 saturated heterocycles. The number of aromatic carboxylic acids is 2. The summed E-state index contributed by atoms with van der Waals surface area (Å²) in [6.07, 6.45) is -18.6. The number of hydrogen-bond donors (Lipinski definition) is 12. The standard InChI is InChI=1S/C48H50O22/c1-15-7-9-19-31(33(15)52)36(55)27-17(3)29(43(61)62)23(51)11-21(27)47(19,5)69-70-48(6)20-10-8-16(2)34(53)32(20)37(56)28-18(4)30(44(63)64)24(12-22(28)48)65-45-41(60)39(58)42(26(14-50)67-45)68-46-40(59)38(57)35(54)25(13-49)66-46/h7-12,25-26,35,38-42,45-46,49-54,57-60H,13-14H2,1-6H3,(H,61,62)(H,63,64)/t25-,26-,35+,38+,39-,40-,41-,42+,45+,46-,47+,48+/m0/s1. The molecule has 2 aliphatic heterocycles. The highest BCUT2D eigenvalue weighted by Crippen LogP contribution is 2.53. The summed E-state index contributed by atoms with van der Waals surface area (Å²) in [5.74, 6) is -7.24. The number of aliphatic hydroxyl groups excluding tert-OH is 7. The molecule has 22 heteroatoms. The lowest BCUT2D eigenvalue weighted by Gasteiger charge is -2.46. The second-order valence-electron chi connectivity index (χ2n) is 18.0. The quantitative estimate of drug-likeness (QED) is 0.0727. The number of carboxylic acids is 2. The SMILES string of the molecule is Cc1ccc2c(c1O)C(=O)c1c(cc(O)c(C(=O)O)c1C)[C@]2(C)OO[C@@]1(C)c2cc(O[C@@H]3O[C@@H](CO)[C@@H](O[C@@H]4O[C@@H](CO)[C@@H](O)[C@@H](O)[C@@H]4O)[C@@H](O)[C@@H]3O)c(C(=O)O)c(C)c2C(=O)c2c1ccc(C)c2O. The maximum absolute atomic E-state index is 14.7. The van der Waals surface area contributed by atoms with E-state index in [0.717, 1.165) is 12.1 Å². The number of carbonyl (C=O) groups is 4. The third-order valence-electron chi connectivity index (χ3n) is 13.8. The Bertz CT molecular complexity index is 2860. The summed E-state index contributed by atoms with van der Waals surface area (Å²) < 4.78 is 22.8. The summed E-state index contributed by atoms with van der Waals surface area (Å²) >= 11 is 0. The first-order chi connectivity index (χ1) is 32.9. The number of aryl methyl sites for hydroxylation is 2. The van der Waals surface area contributed by atoms with Crippen molar-refractivity contribution in [3.63, 3.8) is 0 Å². The van der Waals surface area contributed by atoms with Gasteiger partial charge in [0, 0.05) is 33.4 Å². The van der Waals surface area contributed by atoms with Crippen LogP contribution in [0, 0.1) is 27.7 Å². The summed E-state index contributed by atoms with van der Waals surface area (Å²) in [5, 5.41) is 129.